The molecule has 3 N–H and O–H groups in total. The van der Waals surface area contributed by atoms with E-state index in [4.69, 9.17) is 9.84 Å². The maximum Gasteiger partial charge on any atom is 0.407 e. The first kappa shape index (κ1) is 20.4. The second kappa shape index (κ2) is 8.56. The summed E-state index contributed by atoms with van der Waals surface area (Å²) in [5, 5.41) is 12.5. The molecule has 1 amide bonds. The van der Waals surface area contributed by atoms with Crippen molar-refractivity contribution in [1.29, 1.82) is 0 Å². The predicted octanol–water partition coefficient (Wildman–Crippen LogP) is 4.76. The maximum atomic E-state index is 12.2. The Labute approximate surface area is 190 Å². The minimum absolute atomic E-state index is 0.0120. The van der Waals surface area contributed by atoms with E-state index in [0.717, 1.165) is 27.6 Å². The Morgan fingerprint density at radius 2 is 1.67 bits per heavy atom. The average molecular weight is 436 g/mol. The van der Waals surface area contributed by atoms with E-state index in [2.05, 4.69) is 46.4 Å². The lowest BCUT2D eigenvalue weighted by atomic mass is 9.98. The van der Waals surface area contributed by atoms with E-state index < -0.39 is 12.1 Å². The summed E-state index contributed by atoms with van der Waals surface area (Å²) < 4.78 is 5.50. The van der Waals surface area contributed by atoms with Crippen LogP contribution in [0.3, 0.4) is 0 Å². The van der Waals surface area contributed by atoms with Gasteiger partial charge in [0.2, 0.25) is 0 Å². The molecule has 0 unspecified atom stereocenters. The first-order chi connectivity index (χ1) is 16.1. The molecular weight excluding hydrogens is 416 g/mol. The van der Waals surface area contributed by atoms with Crippen LogP contribution in [0.15, 0.2) is 72.8 Å². The van der Waals surface area contributed by atoms with Crippen molar-refractivity contribution in [3.8, 4) is 23.0 Å². The number of alkyl carbamates (subject to hydrolysis) is 1. The Balaban J connectivity index is 1.18. The molecular formula is C27H20N2O4. The van der Waals surface area contributed by atoms with Crippen LogP contribution in [-0.4, -0.2) is 35.3 Å². The number of benzene rings is 3. The number of amides is 1. The molecule has 6 nitrogen and oxygen atoms in total. The van der Waals surface area contributed by atoms with Gasteiger partial charge in [0, 0.05) is 22.4 Å². The number of carboxylic acids is 1. The fourth-order valence-electron chi connectivity index (χ4n) is 4.24. The summed E-state index contributed by atoms with van der Waals surface area (Å²) in [7, 11) is 0. The van der Waals surface area contributed by atoms with Crippen molar-refractivity contribution >= 4 is 23.0 Å². The van der Waals surface area contributed by atoms with Crippen molar-refractivity contribution in [2.45, 2.75) is 5.92 Å². The quantitative estimate of drug-likeness (QED) is 0.403. The molecule has 3 aromatic carbocycles. The van der Waals surface area contributed by atoms with Crippen molar-refractivity contribution in [2.75, 3.05) is 13.2 Å². The third-order valence-corrected chi connectivity index (χ3v) is 5.75. The van der Waals surface area contributed by atoms with Crippen LogP contribution < -0.4 is 5.32 Å². The summed E-state index contributed by atoms with van der Waals surface area (Å²) in [6, 6.07) is 23.3. The van der Waals surface area contributed by atoms with Crippen LogP contribution in [0, 0.1) is 11.8 Å². The van der Waals surface area contributed by atoms with Crippen LogP contribution in [0.25, 0.3) is 22.0 Å². The number of aromatic nitrogens is 1. The highest BCUT2D eigenvalue weighted by Crippen LogP contribution is 2.44. The van der Waals surface area contributed by atoms with E-state index in [-0.39, 0.29) is 24.8 Å². The van der Waals surface area contributed by atoms with Gasteiger partial charge >= 0.3 is 12.1 Å². The molecule has 0 fully saturated rings. The zero-order chi connectivity index (χ0) is 22.8. The van der Waals surface area contributed by atoms with Crippen LogP contribution in [0.4, 0.5) is 4.79 Å². The number of H-pyrrole nitrogens is 1. The number of hydrogen-bond donors (Lipinski definition) is 3. The van der Waals surface area contributed by atoms with Crippen LogP contribution in [0.2, 0.25) is 0 Å². The lowest BCUT2D eigenvalue weighted by Crippen LogP contribution is -2.26. The molecule has 33 heavy (non-hydrogen) atoms. The van der Waals surface area contributed by atoms with E-state index in [1.807, 2.05) is 24.3 Å². The fraction of sp³-hybridized carbons (Fsp3) is 0.111. The third kappa shape index (κ3) is 4.04. The number of carboxylic acid groups (broad SMARTS) is 1. The Morgan fingerprint density at radius 1 is 0.970 bits per heavy atom. The van der Waals surface area contributed by atoms with E-state index in [1.165, 1.54) is 11.1 Å². The summed E-state index contributed by atoms with van der Waals surface area (Å²) in [4.78, 5) is 26.1. The second-order valence-electron chi connectivity index (χ2n) is 7.77. The van der Waals surface area contributed by atoms with Crippen LogP contribution >= 0.6 is 0 Å². The number of aromatic amines is 1. The lowest BCUT2D eigenvalue weighted by molar-refractivity contribution is 0.0691. The van der Waals surface area contributed by atoms with Gasteiger partial charge in [-0.2, -0.15) is 0 Å². The molecule has 0 spiro atoms. The lowest BCUT2D eigenvalue weighted by Gasteiger charge is -2.14. The number of carbonyl (C=O) groups is 2. The molecule has 1 aliphatic rings. The summed E-state index contributed by atoms with van der Waals surface area (Å²) in [6.45, 7) is 0.394. The van der Waals surface area contributed by atoms with Crippen molar-refractivity contribution in [3.05, 3.63) is 95.2 Å². The number of fused-ring (bicyclic) bond motifs is 4. The smallest absolute Gasteiger partial charge is 0.407 e. The van der Waals surface area contributed by atoms with E-state index in [9.17, 15) is 9.59 Å². The van der Waals surface area contributed by atoms with Gasteiger partial charge < -0.3 is 20.1 Å². The van der Waals surface area contributed by atoms with Gasteiger partial charge in [0.05, 0.1) is 6.54 Å². The molecule has 1 heterocycles. The van der Waals surface area contributed by atoms with Crippen LogP contribution in [-0.2, 0) is 4.74 Å². The summed E-state index contributed by atoms with van der Waals surface area (Å²) in [6.07, 6.45) is -0.515. The van der Waals surface area contributed by atoms with Crippen molar-refractivity contribution < 1.29 is 19.4 Å². The largest absolute Gasteiger partial charge is 0.477 e. The zero-order valence-electron chi connectivity index (χ0n) is 17.6. The standard InChI is InChI=1S/C27H20N2O4/c30-26(31)25-15-18-14-17(11-12-24(18)29-25)6-5-13-28-27(32)33-16-23-21-9-3-1-7-19(21)20-8-2-4-10-22(20)23/h1-4,7-12,14-15,23,29H,13,16H2,(H,28,32)(H,30,31). The van der Waals surface area contributed by atoms with Crippen LogP contribution in [0.5, 0.6) is 0 Å². The van der Waals surface area contributed by atoms with Gasteiger partial charge in [-0.05, 0) is 46.5 Å². The molecule has 0 atom stereocenters. The highest BCUT2D eigenvalue weighted by atomic mass is 16.5. The van der Waals surface area contributed by atoms with Gasteiger partial charge in [0.15, 0.2) is 0 Å². The Morgan fingerprint density at radius 3 is 2.36 bits per heavy atom. The normalized spacial score (nSPS) is 11.9. The molecule has 1 aromatic heterocycles. The molecule has 0 saturated carbocycles. The van der Waals surface area contributed by atoms with Gasteiger partial charge in [-0.25, -0.2) is 9.59 Å². The molecule has 5 rings (SSSR count). The van der Waals surface area contributed by atoms with E-state index in [0.29, 0.717) is 0 Å². The highest BCUT2D eigenvalue weighted by Gasteiger charge is 2.28. The van der Waals surface area contributed by atoms with Crippen molar-refractivity contribution in [2.24, 2.45) is 0 Å². The molecule has 0 saturated heterocycles. The number of hydrogen-bond acceptors (Lipinski definition) is 3. The minimum Gasteiger partial charge on any atom is -0.477 e. The molecule has 4 aromatic rings. The topological polar surface area (TPSA) is 91.4 Å². The SMILES string of the molecule is O=C(NCC#Cc1ccc2[nH]c(C(=O)O)cc2c1)OCC1c2ccccc2-c2ccccc21. The van der Waals surface area contributed by atoms with E-state index in [1.54, 1.807) is 24.3 Å². The molecule has 162 valence electrons. The summed E-state index contributed by atoms with van der Waals surface area (Å²) in [5.41, 5.74) is 6.29. The monoisotopic (exact) mass is 436 g/mol. The zero-order valence-corrected chi connectivity index (χ0v) is 17.6. The van der Waals surface area contributed by atoms with Crippen molar-refractivity contribution in [1.82, 2.24) is 10.3 Å². The first-order valence-electron chi connectivity index (χ1n) is 10.5. The van der Waals surface area contributed by atoms with Gasteiger partial charge in [0.1, 0.15) is 12.3 Å². The number of ether oxygens (including phenoxy) is 1. The molecule has 0 aliphatic heterocycles. The number of rotatable bonds is 4. The van der Waals surface area contributed by atoms with Crippen molar-refractivity contribution in [3.63, 3.8) is 0 Å². The Hall–Kier alpha value is -4.50. The van der Waals surface area contributed by atoms with Gasteiger partial charge in [0.25, 0.3) is 0 Å². The summed E-state index contributed by atoms with van der Waals surface area (Å²) in [5.74, 6) is 4.87. The van der Waals surface area contributed by atoms with Gasteiger partial charge in [-0.15, -0.1) is 0 Å². The molecule has 0 bridgehead atoms. The number of aromatic carboxylic acids is 1. The minimum atomic E-state index is -1.01. The summed E-state index contributed by atoms with van der Waals surface area (Å²) >= 11 is 0. The first-order valence-corrected chi connectivity index (χ1v) is 10.5. The second-order valence-corrected chi connectivity index (χ2v) is 7.77. The number of carbonyl (C=O) groups excluding carboxylic acids is 1. The third-order valence-electron chi connectivity index (χ3n) is 5.75. The average Bonchev–Trinajstić information content (AvgIpc) is 3.40. The predicted molar refractivity (Wildman–Crippen MR) is 125 cm³/mol. The van der Waals surface area contributed by atoms with Gasteiger partial charge in [-0.3, -0.25) is 0 Å². The maximum absolute atomic E-state index is 12.2. The molecule has 1 aliphatic carbocycles. The fourth-order valence-corrected chi connectivity index (χ4v) is 4.24. The van der Waals surface area contributed by atoms with Crippen LogP contribution in [0.1, 0.15) is 33.1 Å². The van der Waals surface area contributed by atoms with E-state index >= 15 is 0 Å². The Kier molecular flexibility index (Phi) is 5.29. The highest BCUT2D eigenvalue weighted by molar-refractivity contribution is 5.94. The molecule has 6 heteroatoms. The molecule has 0 radical (unpaired) electrons. The number of nitrogens with one attached hydrogen (secondary N) is 2. The Bertz CT molecular complexity index is 1400. The van der Waals surface area contributed by atoms with Gasteiger partial charge in [-0.1, -0.05) is 60.4 Å².